The summed E-state index contributed by atoms with van der Waals surface area (Å²) in [6, 6.07) is 56.4. The average Bonchev–Trinajstić information content (AvgIpc) is 3.62. The lowest BCUT2D eigenvalue weighted by Crippen LogP contribution is -2.17. The minimum Gasteiger partial charge on any atom is -0.456 e. The molecule has 0 atom stereocenters. The number of para-hydroxylation sites is 1. The van der Waals surface area contributed by atoms with E-state index in [1.807, 2.05) is 18.2 Å². The van der Waals surface area contributed by atoms with Crippen molar-refractivity contribution in [2.45, 2.75) is 19.3 Å². The summed E-state index contributed by atoms with van der Waals surface area (Å²) in [5.41, 5.74) is 11.2. The molecule has 0 bridgehead atoms. The van der Waals surface area contributed by atoms with Crippen LogP contribution in [0.4, 0.5) is 17.2 Å². The van der Waals surface area contributed by atoms with Crippen LogP contribution in [-0.2, 0) is 5.41 Å². The minimum atomic E-state index is -0.121. The molecule has 2 aromatic heterocycles. The molecule has 9 aromatic rings. The minimum absolute atomic E-state index is 0.121. The van der Waals surface area contributed by atoms with E-state index in [2.05, 4.69) is 158 Å². The number of benzene rings is 7. The molecule has 0 N–H and O–H groups in total. The molecule has 3 heteroatoms. The van der Waals surface area contributed by atoms with Gasteiger partial charge in [0.05, 0.1) is 5.69 Å². The van der Waals surface area contributed by atoms with E-state index < -0.39 is 0 Å². The highest BCUT2D eigenvalue weighted by Crippen LogP contribution is 2.50. The van der Waals surface area contributed by atoms with Crippen molar-refractivity contribution >= 4 is 60.7 Å². The molecule has 0 saturated heterocycles. The number of fused-ring (bicyclic) bond motifs is 9. The fourth-order valence-corrected chi connectivity index (χ4v) is 7.96. The first-order valence-electron chi connectivity index (χ1n) is 16.9. The average molecular weight is 629 g/mol. The lowest BCUT2D eigenvalue weighted by Gasteiger charge is -2.28. The third-order valence-electron chi connectivity index (χ3n) is 10.4. The molecule has 7 aromatic carbocycles. The van der Waals surface area contributed by atoms with Crippen LogP contribution < -0.4 is 4.90 Å². The van der Waals surface area contributed by atoms with E-state index in [1.165, 1.54) is 43.8 Å². The van der Waals surface area contributed by atoms with Gasteiger partial charge >= 0.3 is 0 Å². The van der Waals surface area contributed by atoms with Gasteiger partial charge in [-0.2, -0.15) is 0 Å². The summed E-state index contributed by atoms with van der Waals surface area (Å²) in [6.45, 7) is 4.67. The van der Waals surface area contributed by atoms with Crippen LogP contribution in [0.2, 0.25) is 0 Å². The zero-order valence-electron chi connectivity index (χ0n) is 27.3. The van der Waals surface area contributed by atoms with E-state index in [0.717, 1.165) is 50.4 Å². The molecule has 0 spiro atoms. The van der Waals surface area contributed by atoms with Crippen molar-refractivity contribution in [2.24, 2.45) is 0 Å². The van der Waals surface area contributed by atoms with E-state index in [-0.39, 0.29) is 5.41 Å². The van der Waals surface area contributed by atoms with E-state index in [4.69, 9.17) is 9.40 Å². The normalized spacial score (nSPS) is 13.3. The van der Waals surface area contributed by atoms with Crippen LogP contribution >= 0.6 is 0 Å². The van der Waals surface area contributed by atoms with Gasteiger partial charge < -0.3 is 4.42 Å². The van der Waals surface area contributed by atoms with Gasteiger partial charge in [-0.05, 0) is 98.4 Å². The Morgan fingerprint density at radius 3 is 2.12 bits per heavy atom. The van der Waals surface area contributed by atoms with Gasteiger partial charge in [0.2, 0.25) is 0 Å². The molecular formula is C46H32N2O. The summed E-state index contributed by atoms with van der Waals surface area (Å²) >= 11 is 0. The molecule has 49 heavy (non-hydrogen) atoms. The maximum atomic E-state index is 6.35. The fourth-order valence-electron chi connectivity index (χ4n) is 7.96. The third-order valence-corrected chi connectivity index (χ3v) is 10.4. The van der Waals surface area contributed by atoms with Crippen molar-refractivity contribution in [3.05, 3.63) is 169 Å². The molecule has 2 heterocycles. The van der Waals surface area contributed by atoms with Gasteiger partial charge in [0.15, 0.2) is 0 Å². The largest absolute Gasteiger partial charge is 0.456 e. The van der Waals surface area contributed by atoms with Gasteiger partial charge in [0, 0.05) is 33.1 Å². The standard InChI is InChI=1S/C46H32N2O/c1-46(2)40-15-8-6-13-34(40)35-24-23-33(27-41(35)46)48(45-18-10-16-42(47-45)30-11-4-3-5-12-30)32-22-21-29-19-20-31-25-39-36-14-7-9-17-43(36)49-44(39)28-38(31)37(29)26-32/h3-28H,1-2H3. The maximum absolute atomic E-state index is 6.35. The van der Waals surface area contributed by atoms with Crippen LogP contribution in [0.15, 0.2) is 162 Å². The monoisotopic (exact) mass is 628 g/mol. The van der Waals surface area contributed by atoms with E-state index >= 15 is 0 Å². The summed E-state index contributed by atoms with van der Waals surface area (Å²) in [7, 11) is 0. The highest BCUT2D eigenvalue weighted by atomic mass is 16.3. The van der Waals surface area contributed by atoms with E-state index in [9.17, 15) is 0 Å². The van der Waals surface area contributed by atoms with Gasteiger partial charge in [0.1, 0.15) is 17.0 Å². The number of furan rings is 1. The number of rotatable bonds is 4. The second kappa shape index (κ2) is 10.4. The quantitative estimate of drug-likeness (QED) is 0.182. The third kappa shape index (κ3) is 4.25. The van der Waals surface area contributed by atoms with Gasteiger partial charge in [-0.15, -0.1) is 0 Å². The highest BCUT2D eigenvalue weighted by Gasteiger charge is 2.35. The van der Waals surface area contributed by atoms with Crippen LogP contribution in [0.5, 0.6) is 0 Å². The molecule has 0 saturated carbocycles. The van der Waals surface area contributed by atoms with Crippen LogP contribution in [-0.4, -0.2) is 4.98 Å². The topological polar surface area (TPSA) is 29.3 Å². The van der Waals surface area contributed by atoms with E-state index in [1.54, 1.807) is 0 Å². The number of hydrogen-bond acceptors (Lipinski definition) is 3. The number of aromatic nitrogens is 1. The molecule has 232 valence electrons. The first-order chi connectivity index (χ1) is 24.0. The number of hydrogen-bond donors (Lipinski definition) is 0. The van der Waals surface area contributed by atoms with Crippen molar-refractivity contribution in [2.75, 3.05) is 4.90 Å². The summed E-state index contributed by atoms with van der Waals surface area (Å²) in [6.07, 6.45) is 0. The Balaban J connectivity index is 1.20. The van der Waals surface area contributed by atoms with Gasteiger partial charge in [-0.25, -0.2) is 4.98 Å². The molecule has 0 unspecified atom stereocenters. The molecule has 0 aliphatic heterocycles. The van der Waals surface area contributed by atoms with Crippen LogP contribution in [0.1, 0.15) is 25.0 Å². The highest BCUT2D eigenvalue weighted by molar-refractivity contribution is 6.16. The molecule has 1 aliphatic rings. The second-order valence-corrected chi connectivity index (χ2v) is 13.6. The predicted octanol–water partition coefficient (Wildman–Crippen LogP) is 12.7. The summed E-state index contributed by atoms with van der Waals surface area (Å²) in [5.74, 6) is 0.869. The van der Waals surface area contributed by atoms with Crippen LogP contribution in [0.3, 0.4) is 0 Å². The summed E-state index contributed by atoms with van der Waals surface area (Å²) in [5, 5.41) is 7.01. The Kier molecular flexibility index (Phi) is 5.92. The SMILES string of the molecule is CC1(C)c2ccccc2-c2ccc(N(c3ccc4ccc5cc6c(cc5c4c3)oc3ccccc36)c3cccc(-c4ccccc4)n3)cc21. The van der Waals surface area contributed by atoms with Crippen molar-refractivity contribution in [1.29, 1.82) is 0 Å². The molecular weight excluding hydrogens is 597 g/mol. The second-order valence-electron chi connectivity index (χ2n) is 13.6. The van der Waals surface area contributed by atoms with Crippen molar-refractivity contribution < 1.29 is 4.42 Å². The number of nitrogens with zero attached hydrogens (tertiary/aromatic N) is 2. The zero-order valence-corrected chi connectivity index (χ0v) is 27.3. The van der Waals surface area contributed by atoms with Gasteiger partial charge in [-0.3, -0.25) is 4.90 Å². The van der Waals surface area contributed by atoms with Crippen molar-refractivity contribution in [3.8, 4) is 22.4 Å². The summed E-state index contributed by atoms with van der Waals surface area (Å²) < 4.78 is 6.35. The summed E-state index contributed by atoms with van der Waals surface area (Å²) in [4.78, 5) is 7.59. The van der Waals surface area contributed by atoms with E-state index in [0.29, 0.717) is 0 Å². The van der Waals surface area contributed by atoms with Gasteiger partial charge in [-0.1, -0.05) is 117 Å². The Labute approximate surface area is 284 Å². The Morgan fingerprint density at radius 1 is 0.490 bits per heavy atom. The van der Waals surface area contributed by atoms with Crippen molar-refractivity contribution in [3.63, 3.8) is 0 Å². The molecule has 0 fully saturated rings. The predicted molar refractivity (Wildman–Crippen MR) is 204 cm³/mol. The van der Waals surface area contributed by atoms with Crippen LogP contribution in [0, 0.1) is 0 Å². The Bertz CT molecular complexity index is 2760. The molecule has 0 radical (unpaired) electrons. The van der Waals surface area contributed by atoms with Crippen molar-refractivity contribution in [1.82, 2.24) is 4.98 Å². The fraction of sp³-hybridized carbons (Fsp3) is 0.0652. The number of pyridine rings is 1. The Morgan fingerprint density at radius 2 is 1.20 bits per heavy atom. The molecule has 10 rings (SSSR count). The molecule has 0 amide bonds. The lowest BCUT2D eigenvalue weighted by atomic mass is 9.82. The maximum Gasteiger partial charge on any atom is 0.138 e. The lowest BCUT2D eigenvalue weighted by molar-refractivity contribution is 0.660. The first kappa shape index (κ1) is 27.9. The molecule has 1 aliphatic carbocycles. The molecule has 3 nitrogen and oxygen atoms in total. The zero-order chi connectivity index (χ0) is 32.7. The Hall–Kier alpha value is -6.19. The van der Waals surface area contributed by atoms with Gasteiger partial charge in [0.25, 0.3) is 0 Å². The first-order valence-corrected chi connectivity index (χ1v) is 16.9. The van der Waals surface area contributed by atoms with Crippen LogP contribution in [0.25, 0.3) is 65.9 Å². The number of anilines is 3. The smallest absolute Gasteiger partial charge is 0.138 e.